The molecule has 0 amide bonds. The van der Waals surface area contributed by atoms with Gasteiger partial charge in [-0.05, 0) is 38.0 Å². The fourth-order valence-corrected chi connectivity index (χ4v) is 4.22. The van der Waals surface area contributed by atoms with E-state index in [4.69, 9.17) is 9.40 Å². The Kier molecular flexibility index (Phi) is 4.92. The molecule has 2 aromatic heterocycles. The summed E-state index contributed by atoms with van der Waals surface area (Å²) in [5, 5.41) is 16.9. The largest absolute Gasteiger partial charge is 0.423 e. The minimum absolute atomic E-state index is 0.462. The van der Waals surface area contributed by atoms with Gasteiger partial charge in [0.25, 0.3) is 6.01 Å². The van der Waals surface area contributed by atoms with E-state index < -0.39 is 5.60 Å². The summed E-state index contributed by atoms with van der Waals surface area (Å²) in [6, 6.07) is 5.00. The maximum absolute atomic E-state index is 10.5. The van der Waals surface area contributed by atoms with Gasteiger partial charge in [0.2, 0.25) is 0 Å². The Morgan fingerprint density at radius 1 is 1.41 bits per heavy atom. The lowest BCUT2D eigenvalue weighted by atomic mass is 9.96. The van der Waals surface area contributed by atoms with E-state index >= 15 is 0 Å². The highest BCUT2D eigenvalue weighted by Gasteiger charge is 2.26. The van der Waals surface area contributed by atoms with E-state index in [0.29, 0.717) is 12.1 Å². The van der Waals surface area contributed by atoms with Crippen LogP contribution < -0.4 is 10.2 Å². The van der Waals surface area contributed by atoms with Crippen LogP contribution in [0.15, 0.2) is 28.1 Å². The van der Waals surface area contributed by atoms with Gasteiger partial charge in [-0.25, -0.2) is 4.98 Å². The van der Waals surface area contributed by atoms with E-state index in [9.17, 15) is 5.11 Å². The summed E-state index contributed by atoms with van der Waals surface area (Å²) in [4.78, 5) is 11.4. The van der Waals surface area contributed by atoms with Gasteiger partial charge in [0, 0.05) is 37.3 Å². The van der Waals surface area contributed by atoms with Crippen molar-refractivity contribution in [2.75, 3.05) is 24.5 Å². The van der Waals surface area contributed by atoms with Gasteiger partial charge in [-0.15, -0.1) is 11.3 Å². The van der Waals surface area contributed by atoms with Crippen LogP contribution in [0.4, 0.5) is 6.01 Å². The summed E-state index contributed by atoms with van der Waals surface area (Å²) in [5.41, 5.74) is 2.24. The molecule has 3 aromatic rings. The molecule has 4 rings (SSSR count). The van der Waals surface area contributed by atoms with E-state index in [1.807, 2.05) is 17.5 Å². The normalized spacial score (nSPS) is 18.4. The van der Waals surface area contributed by atoms with Gasteiger partial charge in [0.05, 0.1) is 11.2 Å². The standard InChI is InChI=1S/C20H26N4O2S/c1-4-5-14-12-24(8-6-21-14)19-23-16-11-13(20(2,3)25)10-15(17(16)26-19)18-22-7-9-27-18/h7,9-11,14,21,25H,4-6,8,12H2,1-3H3. The van der Waals surface area contributed by atoms with Crippen molar-refractivity contribution in [3.05, 3.63) is 29.3 Å². The topological polar surface area (TPSA) is 74.4 Å². The molecule has 0 spiro atoms. The number of thiazole rings is 1. The molecule has 144 valence electrons. The molecular weight excluding hydrogens is 360 g/mol. The predicted molar refractivity (Wildman–Crippen MR) is 109 cm³/mol. The molecule has 1 aromatic carbocycles. The summed E-state index contributed by atoms with van der Waals surface area (Å²) >= 11 is 1.56. The summed E-state index contributed by atoms with van der Waals surface area (Å²) in [6.45, 7) is 8.47. The van der Waals surface area contributed by atoms with E-state index in [0.717, 1.165) is 59.7 Å². The molecule has 7 heteroatoms. The van der Waals surface area contributed by atoms with Gasteiger partial charge in [0.15, 0.2) is 5.58 Å². The molecule has 1 atom stereocenters. The Bertz CT molecular complexity index is 912. The van der Waals surface area contributed by atoms with E-state index in [-0.39, 0.29) is 0 Å². The average Bonchev–Trinajstić information content (AvgIpc) is 3.30. The van der Waals surface area contributed by atoms with Crippen LogP contribution in [-0.2, 0) is 5.60 Å². The first-order valence-electron chi connectivity index (χ1n) is 9.51. The molecular formula is C20H26N4O2S. The number of piperazine rings is 1. The van der Waals surface area contributed by atoms with Crippen LogP contribution in [0, 0.1) is 0 Å². The van der Waals surface area contributed by atoms with Crippen LogP contribution in [0.3, 0.4) is 0 Å². The van der Waals surface area contributed by atoms with Gasteiger partial charge in [-0.1, -0.05) is 13.3 Å². The van der Waals surface area contributed by atoms with E-state index in [1.165, 1.54) is 0 Å². The molecule has 1 fully saturated rings. The molecule has 6 nitrogen and oxygen atoms in total. The number of nitrogens with one attached hydrogen (secondary N) is 1. The van der Waals surface area contributed by atoms with E-state index in [2.05, 4.69) is 22.1 Å². The smallest absolute Gasteiger partial charge is 0.298 e. The Hall–Kier alpha value is -1.96. The van der Waals surface area contributed by atoms with Crippen LogP contribution in [-0.4, -0.2) is 40.8 Å². The fourth-order valence-electron chi connectivity index (χ4n) is 3.57. The zero-order valence-corrected chi connectivity index (χ0v) is 16.8. The van der Waals surface area contributed by atoms with Gasteiger partial charge in [-0.2, -0.15) is 4.98 Å². The highest BCUT2D eigenvalue weighted by Crippen LogP contribution is 2.36. The number of aromatic nitrogens is 2. The van der Waals surface area contributed by atoms with Crippen molar-refractivity contribution in [3.8, 4) is 10.6 Å². The summed E-state index contributed by atoms with van der Waals surface area (Å²) < 4.78 is 6.23. The first kappa shape index (κ1) is 18.4. The third kappa shape index (κ3) is 3.72. The Balaban J connectivity index is 1.78. The number of nitrogens with zero attached hydrogens (tertiary/aromatic N) is 3. The molecule has 1 unspecified atom stereocenters. The maximum Gasteiger partial charge on any atom is 0.298 e. The van der Waals surface area contributed by atoms with Crippen LogP contribution in [0.1, 0.15) is 39.2 Å². The van der Waals surface area contributed by atoms with Gasteiger partial charge < -0.3 is 19.7 Å². The van der Waals surface area contributed by atoms with E-state index in [1.54, 1.807) is 31.4 Å². The molecule has 2 N–H and O–H groups in total. The Morgan fingerprint density at radius 3 is 2.96 bits per heavy atom. The molecule has 1 saturated heterocycles. The molecule has 0 radical (unpaired) electrons. The van der Waals surface area contributed by atoms with Crippen molar-refractivity contribution >= 4 is 28.5 Å². The third-order valence-corrected chi connectivity index (χ3v) is 5.82. The fraction of sp³-hybridized carbons (Fsp3) is 0.500. The number of benzene rings is 1. The minimum atomic E-state index is -0.958. The number of fused-ring (bicyclic) bond motifs is 1. The van der Waals surface area contributed by atoms with Crippen molar-refractivity contribution < 1.29 is 9.52 Å². The van der Waals surface area contributed by atoms with Crippen LogP contribution >= 0.6 is 11.3 Å². The summed E-state index contributed by atoms with van der Waals surface area (Å²) in [5.74, 6) is 0. The van der Waals surface area contributed by atoms with Gasteiger partial charge in [-0.3, -0.25) is 0 Å². The molecule has 3 heterocycles. The number of hydrogen-bond acceptors (Lipinski definition) is 7. The van der Waals surface area contributed by atoms with Crippen molar-refractivity contribution in [3.63, 3.8) is 0 Å². The van der Waals surface area contributed by atoms with Gasteiger partial charge in [0.1, 0.15) is 10.5 Å². The number of oxazole rings is 1. The first-order chi connectivity index (χ1) is 13.0. The second-order valence-electron chi connectivity index (χ2n) is 7.65. The Labute approximate surface area is 163 Å². The summed E-state index contributed by atoms with van der Waals surface area (Å²) in [6.07, 6.45) is 4.08. The number of aliphatic hydroxyl groups is 1. The van der Waals surface area contributed by atoms with Crippen LogP contribution in [0.2, 0.25) is 0 Å². The highest BCUT2D eigenvalue weighted by atomic mass is 32.1. The second kappa shape index (κ2) is 7.22. The van der Waals surface area contributed by atoms with Crippen molar-refractivity contribution in [1.29, 1.82) is 0 Å². The first-order valence-corrected chi connectivity index (χ1v) is 10.4. The Morgan fingerprint density at radius 2 is 2.26 bits per heavy atom. The molecule has 27 heavy (non-hydrogen) atoms. The third-order valence-electron chi connectivity index (χ3n) is 5.01. The van der Waals surface area contributed by atoms with Crippen LogP contribution in [0.25, 0.3) is 21.7 Å². The zero-order chi connectivity index (χ0) is 19.0. The molecule has 0 bridgehead atoms. The highest BCUT2D eigenvalue weighted by molar-refractivity contribution is 7.13. The average molecular weight is 387 g/mol. The molecule has 1 aliphatic heterocycles. The molecule has 1 aliphatic rings. The maximum atomic E-state index is 10.5. The number of rotatable bonds is 5. The monoisotopic (exact) mass is 386 g/mol. The zero-order valence-electron chi connectivity index (χ0n) is 16.0. The molecule has 0 aliphatic carbocycles. The van der Waals surface area contributed by atoms with Crippen molar-refractivity contribution in [1.82, 2.24) is 15.3 Å². The lowest BCUT2D eigenvalue weighted by Crippen LogP contribution is -2.50. The predicted octanol–water partition coefficient (Wildman–Crippen LogP) is 3.76. The van der Waals surface area contributed by atoms with Crippen LogP contribution in [0.5, 0.6) is 0 Å². The van der Waals surface area contributed by atoms with Crippen molar-refractivity contribution in [2.45, 2.75) is 45.3 Å². The number of anilines is 1. The van der Waals surface area contributed by atoms with Crippen molar-refractivity contribution in [2.24, 2.45) is 0 Å². The second-order valence-corrected chi connectivity index (χ2v) is 8.55. The number of hydrogen-bond donors (Lipinski definition) is 2. The quantitative estimate of drug-likeness (QED) is 0.695. The summed E-state index contributed by atoms with van der Waals surface area (Å²) in [7, 11) is 0. The van der Waals surface area contributed by atoms with Gasteiger partial charge >= 0.3 is 0 Å². The lowest BCUT2D eigenvalue weighted by Gasteiger charge is -2.32. The minimum Gasteiger partial charge on any atom is -0.423 e. The lowest BCUT2D eigenvalue weighted by molar-refractivity contribution is 0.0787. The molecule has 0 saturated carbocycles. The SMILES string of the molecule is CCCC1CN(c2nc3cc(C(C)(C)O)cc(-c4nccs4)c3o2)CCN1.